The SMILES string of the molecule is C[C@H](CN1CCCCCC1)NCc1csc(-c2cnccn2)n1. The topological polar surface area (TPSA) is 53.9 Å². The maximum Gasteiger partial charge on any atom is 0.143 e. The summed E-state index contributed by atoms with van der Waals surface area (Å²) in [6.07, 6.45) is 10.6. The van der Waals surface area contributed by atoms with E-state index in [1.165, 1.54) is 38.8 Å². The van der Waals surface area contributed by atoms with Gasteiger partial charge in [-0.3, -0.25) is 9.97 Å². The van der Waals surface area contributed by atoms with Crippen LogP contribution >= 0.6 is 11.3 Å². The number of aromatic nitrogens is 3. The molecule has 0 saturated carbocycles. The molecule has 2 aromatic rings. The van der Waals surface area contributed by atoms with Crippen LogP contribution in [-0.4, -0.2) is 45.5 Å². The number of hydrogen-bond acceptors (Lipinski definition) is 6. The van der Waals surface area contributed by atoms with E-state index >= 15 is 0 Å². The van der Waals surface area contributed by atoms with Crippen LogP contribution in [0, 0.1) is 0 Å². The molecule has 1 N–H and O–H groups in total. The monoisotopic (exact) mass is 331 g/mol. The quantitative estimate of drug-likeness (QED) is 0.882. The second-order valence-corrected chi connectivity index (χ2v) is 7.09. The van der Waals surface area contributed by atoms with Crippen molar-refractivity contribution in [3.8, 4) is 10.7 Å². The molecule has 0 bridgehead atoms. The summed E-state index contributed by atoms with van der Waals surface area (Å²) in [6.45, 7) is 6.70. The van der Waals surface area contributed by atoms with Gasteiger partial charge in [0.1, 0.15) is 10.7 Å². The van der Waals surface area contributed by atoms with Gasteiger partial charge in [0.15, 0.2) is 0 Å². The Kier molecular flexibility index (Phi) is 6.07. The fourth-order valence-electron chi connectivity index (χ4n) is 2.96. The maximum absolute atomic E-state index is 4.65. The molecule has 3 heterocycles. The van der Waals surface area contributed by atoms with Crippen molar-refractivity contribution in [2.45, 2.75) is 45.2 Å². The zero-order valence-corrected chi connectivity index (χ0v) is 14.6. The summed E-state index contributed by atoms with van der Waals surface area (Å²) in [4.78, 5) is 15.7. The van der Waals surface area contributed by atoms with E-state index in [-0.39, 0.29) is 0 Å². The van der Waals surface area contributed by atoms with Crippen molar-refractivity contribution in [3.05, 3.63) is 29.7 Å². The molecule has 5 nitrogen and oxygen atoms in total. The van der Waals surface area contributed by atoms with Crippen LogP contribution in [-0.2, 0) is 6.54 Å². The van der Waals surface area contributed by atoms with Crippen molar-refractivity contribution in [1.82, 2.24) is 25.2 Å². The number of rotatable bonds is 6. The molecule has 0 unspecified atom stereocenters. The molecule has 0 radical (unpaired) electrons. The molecule has 0 aliphatic carbocycles. The van der Waals surface area contributed by atoms with Crippen LogP contribution in [0.2, 0.25) is 0 Å². The first kappa shape index (κ1) is 16.5. The second kappa shape index (κ2) is 8.47. The van der Waals surface area contributed by atoms with Crippen molar-refractivity contribution >= 4 is 11.3 Å². The summed E-state index contributed by atoms with van der Waals surface area (Å²) in [7, 11) is 0. The van der Waals surface area contributed by atoms with Gasteiger partial charge in [-0.05, 0) is 32.9 Å². The third-order valence-electron chi connectivity index (χ3n) is 4.20. The van der Waals surface area contributed by atoms with Crippen molar-refractivity contribution in [2.24, 2.45) is 0 Å². The van der Waals surface area contributed by atoms with Crippen LogP contribution in [0.5, 0.6) is 0 Å². The van der Waals surface area contributed by atoms with Gasteiger partial charge in [0.05, 0.1) is 11.9 Å². The molecule has 3 rings (SSSR count). The Morgan fingerprint density at radius 3 is 2.78 bits per heavy atom. The fraction of sp³-hybridized carbons (Fsp3) is 0.588. The fourth-order valence-corrected chi connectivity index (χ4v) is 3.74. The lowest BCUT2D eigenvalue weighted by molar-refractivity contribution is 0.255. The molecule has 0 aromatic carbocycles. The zero-order valence-electron chi connectivity index (χ0n) is 13.7. The van der Waals surface area contributed by atoms with Crippen LogP contribution in [0.4, 0.5) is 0 Å². The van der Waals surface area contributed by atoms with Gasteiger partial charge in [0.25, 0.3) is 0 Å². The number of nitrogens with zero attached hydrogens (tertiary/aromatic N) is 4. The lowest BCUT2D eigenvalue weighted by Gasteiger charge is -2.24. The Morgan fingerprint density at radius 1 is 1.22 bits per heavy atom. The van der Waals surface area contributed by atoms with E-state index < -0.39 is 0 Å². The van der Waals surface area contributed by atoms with Gasteiger partial charge in [-0.15, -0.1) is 11.3 Å². The molecule has 0 amide bonds. The molecule has 23 heavy (non-hydrogen) atoms. The standard InChI is InChI=1S/C17H25N5S/c1-14(12-22-8-4-2-3-5-9-22)20-10-15-13-23-17(21-15)16-11-18-6-7-19-16/h6-7,11,13-14,20H,2-5,8-10,12H2,1H3/t14-/m1/s1. The highest BCUT2D eigenvalue weighted by molar-refractivity contribution is 7.13. The normalized spacial score (nSPS) is 17.8. The largest absolute Gasteiger partial charge is 0.307 e. The van der Waals surface area contributed by atoms with E-state index in [2.05, 4.69) is 37.5 Å². The highest BCUT2D eigenvalue weighted by Crippen LogP contribution is 2.20. The Balaban J connectivity index is 1.47. The molecule has 124 valence electrons. The van der Waals surface area contributed by atoms with E-state index in [1.807, 2.05) is 0 Å². The number of hydrogen-bond donors (Lipinski definition) is 1. The Morgan fingerprint density at radius 2 is 2.04 bits per heavy atom. The van der Waals surface area contributed by atoms with Gasteiger partial charge in [0, 0.05) is 36.9 Å². The van der Waals surface area contributed by atoms with Gasteiger partial charge in [0.2, 0.25) is 0 Å². The minimum atomic E-state index is 0.481. The molecular formula is C17H25N5S. The lowest BCUT2D eigenvalue weighted by Crippen LogP contribution is -2.39. The van der Waals surface area contributed by atoms with Crippen LogP contribution in [0.25, 0.3) is 10.7 Å². The zero-order chi connectivity index (χ0) is 15.9. The van der Waals surface area contributed by atoms with Crippen LogP contribution in [0.1, 0.15) is 38.3 Å². The average Bonchev–Trinajstić information content (AvgIpc) is 2.91. The van der Waals surface area contributed by atoms with Gasteiger partial charge in [-0.2, -0.15) is 0 Å². The third-order valence-corrected chi connectivity index (χ3v) is 5.11. The van der Waals surface area contributed by atoms with E-state index in [0.29, 0.717) is 6.04 Å². The summed E-state index contributed by atoms with van der Waals surface area (Å²) in [5.74, 6) is 0. The highest BCUT2D eigenvalue weighted by Gasteiger charge is 2.13. The first-order valence-electron chi connectivity index (χ1n) is 8.48. The predicted molar refractivity (Wildman–Crippen MR) is 94.3 cm³/mol. The first-order chi connectivity index (χ1) is 11.3. The minimum Gasteiger partial charge on any atom is -0.307 e. The van der Waals surface area contributed by atoms with Crippen molar-refractivity contribution < 1.29 is 0 Å². The molecule has 1 atom stereocenters. The summed E-state index contributed by atoms with van der Waals surface area (Å²) >= 11 is 1.63. The van der Waals surface area contributed by atoms with Crippen LogP contribution in [0.15, 0.2) is 24.0 Å². The number of thiazole rings is 1. The Bertz CT molecular complexity index is 578. The molecule has 1 aliphatic heterocycles. The second-order valence-electron chi connectivity index (χ2n) is 6.23. The third kappa shape index (κ3) is 5.06. The molecule has 6 heteroatoms. The summed E-state index contributed by atoms with van der Waals surface area (Å²) in [5, 5.41) is 6.64. The van der Waals surface area contributed by atoms with Crippen LogP contribution < -0.4 is 5.32 Å². The van der Waals surface area contributed by atoms with E-state index in [9.17, 15) is 0 Å². The predicted octanol–water partition coefficient (Wildman–Crippen LogP) is 2.95. The summed E-state index contributed by atoms with van der Waals surface area (Å²) in [6, 6.07) is 0.481. The average molecular weight is 331 g/mol. The molecule has 1 saturated heterocycles. The Labute approximate surface area is 142 Å². The molecule has 2 aromatic heterocycles. The summed E-state index contributed by atoms with van der Waals surface area (Å²) in [5.41, 5.74) is 1.93. The smallest absolute Gasteiger partial charge is 0.143 e. The summed E-state index contributed by atoms with van der Waals surface area (Å²) < 4.78 is 0. The van der Waals surface area contributed by atoms with Gasteiger partial charge >= 0.3 is 0 Å². The van der Waals surface area contributed by atoms with E-state index in [4.69, 9.17) is 0 Å². The molecular weight excluding hydrogens is 306 g/mol. The van der Waals surface area contributed by atoms with Gasteiger partial charge in [-0.25, -0.2) is 4.98 Å². The Hall–Kier alpha value is -1.37. The lowest BCUT2D eigenvalue weighted by atomic mass is 10.2. The van der Waals surface area contributed by atoms with Crippen molar-refractivity contribution in [2.75, 3.05) is 19.6 Å². The van der Waals surface area contributed by atoms with Gasteiger partial charge in [-0.1, -0.05) is 12.8 Å². The van der Waals surface area contributed by atoms with Crippen molar-refractivity contribution in [1.29, 1.82) is 0 Å². The number of nitrogens with one attached hydrogen (secondary N) is 1. The minimum absolute atomic E-state index is 0.481. The van der Waals surface area contributed by atoms with Crippen LogP contribution in [0.3, 0.4) is 0 Å². The molecule has 0 spiro atoms. The molecule has 1 aliphatic rings. The van der Waals surface area contributed by atoms with E-state index in [1.54, 1.807) is 29.9 Å². The first-order valence-corrected chi connectivity index (χ1v) is 9.36. The van der Waals surface area contributed by atoms with Gasteiger partial charge < -0.3 is 10.2 Å². The molecule has 1 fully saturated rings. The number of likely N-dealkylation sites (tertiary alicyclic amines) is 1. The van der Waals surface area contributed by atoms with Crippen molar-refractivity contribution in [3.63, 3.8) is 0 Å². The van der Waals surface area contributed by atoms with E-state index in [0.717, 1.165) is 29.5 Å². The highest BCUT2D eigenvalue weighted by atomic mass is 32.1. The maximum atomic E-state index is 4.65.